The molecular formula is C13H16BrN3O2. The Hall–Kier alpha value is -1.24. The third-order valence-corrected chi connectivity index (χ3v) is 3.89. The van der Waals surface area contributed by atoms with E-state index >= 15 is 0 Å². The molecule has 0 bridgehead atoms. The maximum absolute atomic E-state index is 9.76. The van der Waals surface area contributed by atoms with Gasteiger partial charge in [0, 0.05) is 23.4 Å². The van der Waals surface area contributed by atoms with Gasteiger partial charge in [0.2, 0.25) is 0 Å². The van der Waals surface area contributed by atoms with Gasteiger partial charge in [-0.3, -0.25) is 4.68 Å². The second-order valence-corrected chi connectivity index (χ2v) is 5.50. The van der Waals surface area contributed by atoms with Crippen molar-refractivity contribution in [2.24, 2.45) is 7.05 Å². The first-order valence-corrected chi connectivity index (χ1v) is 6.71. The van der Waals surface area contributed by atoms with Gasteiger partial charge in [0.15, 0.2) is 0 Å². The fourth-order valence-corrected chi connectivity index (χ4v) is 2.30. The van der Waals surface area contributed by atoms with Crippen molar-refractivity contribution in [2.45, 2.75) is 11.8 Å². The number of aryl methyl sites for hydroxylation is 1. The van der Waals surface area contributed by atoms with Crippen molar-refractivity contribution < 1.29 is 10.2 Å². The summed E-state index contributed by atoms with van der Waals surface area (Å²) in [5.41, 5.74) is 0.130. The van der Waals surface area contributed by atoms with E-state index in [1.807, 2.05) is 24.3 Å². The Morgan fingerprint density at radius 1 is 1.21 bits per heavy atom. The van der Waals surface area contributed by atoms with Crippen LogP contribution in [-0.4, -0.2) is 38.2 Å². The van der Waals surface area contributed by atoms with E-state index in [1.54, 1.807) is 11.7 Å². The number of benzene rings is 1. The molecule has 5 nitrogen and oxygen atoms in total. The predicted octanol–water partition coefficient (Wildman–Crippen LogP) is 1.04. The molecule has 2 aromatic rings. The van der Waals surface area contributed by atoms with Crippen LogP contribution >= 0.6 is 15.9 Å². The van der Waals surface area contributed by atoms with Crippen molar-refractivity contribution in [3.05, 3.63) is 46.5 Å². The number of aliphatic hydroxyl groups excluding tert-OH is 2. The SMILES string of the molecule is Cn1ncnc1CC(CO)(CO)c1ccc(Br)cc1. The summed E-state index contributed by atoms with van der Waals surface area (Å²) in [6.07, 6.45) is 1.90. The van der Waals surface area contributed by atoms with Gasteiger partial charge in [-0.2, -0.15) is 5.10 Å². The van der Waals surface area contributed by atoms with Crippen molar-refractivity contribution in [1.82, 2.24) is 14.8 Å². The van der Waals surface area contributed by atoms with Crippen LogP contribution in [0.4, 0.5) is 0 Å². The highest BCUT2D eigenvalue weighted by Gasteiger charge is 2.33. The summed E-state index contributed by atoms with van der Waals surface area (Å²) in [6.45, 7) is -0.310. The van der Waals surface area contributed by atoms with Gasteiger partial charge in [-0.15, -0.1) is 0 Å². The number of aliphatic hydroxyl groups is 2. The van der Waals surface area contributed by atoms with Gasteiger partial charge in [0.25, 0.3) is 0 Å². The highest BCUT2D eigenvalue weighted by Crippen LogP contribution is 2.28. The molecule has 19 heavy (non-hydrogen) atoms. The molecule has 0 aliphatic heterocycles. The Labute approximate surface area is 120 Å². The van der Waals surface area contributed by atoms with Gasteiger partial charge in [0.05, 0.1) is 13.2 Å². The first-order valence-electron chi connectivity index (χ1n) is 5.92. The van der Waals surface area contributed by atoms with Crippen LogP contribution in [0.15, 0.2) is 35.1 Å². The monoisotopic (exact) mass is 325 g/mol. The maximum atomic E-state index is 9.76. The van der Waals surface area contributed by atoms with E-state index in [2.05, 4.69) is 26.0 Å². The fraction of sp³-hybridized carbons (Fsp3) is 0.385. The summed E-state index contributed by atoms with van der Waals surface area (Å²) in [6, 6.07) is 7.58. The molecule has 6 heteroatoms. The topological polar surface area (TPSA) is 71.2 Å². The molecule has 1 aromatic heterocycles. The van der Waals surface area contributed by atoms with Crippen LogP contribution in [0.2, 0.25) is 0 Å². The Balaban J connectivity index is 2.37. The molecule has 0 aliphatic rings. The first kappa shape index (κ1) is 14.2. The number of rotatable bonds is 5. The van der Waals surface area contributed by atoms with Crippen molar-refractivity contribution in [3.63, 3.8) is 0 Å². The zero-order valence-corrected chi connectivity index (χ0v) is 12.2. The summed E-state index contributed by atoms with van der Waals surface area (Å²) < 4.78 is 2.61. The highest BCUT2D eigenvalue weighted by molar-refractivity contribution is 9.10. The molecule has 0 amide bonds. The van der Waals surface area contributed by atoms with E-state index in [1.165, 1.54) is 6.33 Å². The Morgan fingerprint density at radius 2 is 1.84 bits per heavy atom. The van der Waals surface area contributed by atoms with E-state index in [9.17, 15) is 10.2 Å². The molecule has 1 aromatic carbocycles. The van der Waals surface area contributed by atoms with Crippen LogP contribution < -0.4 is 0 Å². The Kier molecular flexibility index (Phi) is 4.34. The Bertz CT molecular complexity index is 535. The van der Waals surface area contributed by atoms with Crippen LogP contribution in [0.5, 0.6) is 0 Å². The van der Waals surface area contributed by atoms with E-state index in [0.29, 0.717) is 6.42 Å². The lowest BCUT2D eigenvalue weighted by Crippen LogP contribution is -2.38. The van der Waals surface area contributed by atoms with Gasteiger partial charge in [-0.1, -0.05) is 28.1 Å². The molecule has 2 N–H and O–H groups in total. The number of halogens is 1. The van der Waals surface area contributed by atoms with Gasteiger partial charge in [-0.25, -0.2) is 4.98 Å². The lowest BCUT2D eigenvalue weighted by Gasteiger charge is -2.30. The quantitative estimate of drug-likeness (QED) is 0.861. The average molecular weight is 326 g/mol. The summed E-state index contributed by atoms with van der Waals surface area (Å²) in [4.78, 5) is 4.16. The number of nitrogens with zero attached hydrogens (tertiary/aromatic N) is 3. The second kappa shape index (κ2) is 5.81. The van der Waals surface area contributed by atoms with Crippen molar-refractivity contribution in [1.29, 1.82) is 0 Å². The molecule has 0 atom stereocenters. The smallest absolute Gasteiger partial charge is 0.138 e. The normalized spacial score (nSPS) is 11.8. The number of aromatic nitrogens is 3. The fourth-order valence-electron chi connectivity index (χ4n) is 2.03. The third-order valence-electron chi connectivity index (χ3n) is 3.36. The van der Waals surface area contributed by atoms with Crippen molar-refractivity contribution >= 4 is 15.9 Å². The van der Waals surface area contributed by atoms with Crippen molar-refractivity contribution in [2.75, 3.05) is 13.2 Å². The minimum atomic E-state index is -0.749. The molecule has 0 aliphatic carbocycles. The molecule has 0 fully saturated rings. The molecule has 0 spiro atoms. The molecule has 1 heterocycles. The van der Waals surface area contributed by atoms with Crippen LogP contribution in [0.1, 0.15) is 11.4 Å². The van der Waals surface area contributed by atoms with Crippen LogP contribution in [0.3, 0.4) is 0 Å². The van der Waals surface area contributed by atoms with Gasteiger partial charge < -0.3 is 10.2 Å². The third kappa shape index (κ3) is 2.86. The average Bonchev–Trinajstić information content (AvgIpc) is 2.82. The minimum absolute atomic E-state index is 0.155. The van der Waals surface area contributed by atoms with Crippen LogP contribution in [-0.2, 0) is 18.9 Å². The van der Waals surface area contributed by atoms with E-state index in [4.69, 9.17) is 0 Å². The lowest BCUT2D eigenvalue weighted by molar-refractivity contribution is 0.114. The summed E-state index contributed by atoms with van der Waals surface area (Å²) in [5.74, 6) is 0.728. The predicted molar refractivity (Wildman–Crippen MR) is 74.7 cm³/mol. The minimum Gasteiger partial charge on any atom is -0.395 e. The second-order valence-electron chi connectivity index (χ2n) is 4.58. The summed E-state index contributed by atoms with van der Waals surface area (Å²) >= 11 is 3.38. The standard InChI is InChI=1S/C13H16BrN3O2/c1-17-12(15-9-16-17)6-13(7-18,8-19)10-2-4-11(14)5-3-10/h2-5,9,18-19H,6-8H2,1H3. The van der Waals surface area contributed by atoms with Gasteiger partial charge >= 0.3 is 0 Å². The first-order chi connectivity index (χ1) is 9.11. The van der Waals surface area contributed by atoms with Crippen molar-refractivity contribution in [3.8, 4) is 0 Å². The summed E-state index contributed by atoms with van der Waals surface area (Å²) in [7, 11) is 1.80. The molecule has 0 saturated heterocycles. The Morgan fingerprint density at radius 3 is 2.32 bits per heavy atom. The maximum Gasteiger partial charge on any atom is 0.138 e. The number of hydrogen-bond donors (Lipinski definition) is 2. The molecule has 0 unspecified atom stereocenters. The molecule has 2 rings (SSSR count). The van der Waals surface area contributed by atoms with Crippen LogP contribution in [0, 0.1) is 0 Å². The molecule has 0 radical (unpaired) electrons. The molecule has 0 saturated carbocycles. The van der Waals surface area contributed by atoms with Gasteiger partial charge in [-0.05, 0) is 17.7 Å². The lowest BCUT2D eigenvalue weighted by atomic mass is 9.79. The molecular weight excluding hydrogens is 310 g/mol. The van der Waals surface area contributed by atoms with E-state index in [-0.39, 0.29) is 13.2 Å². The van der Waals surface area contributed by atoms with E-state index < -0.39 is 5.41 Å². The van der Waals surface area contributed by atoms with Gasteiger partial charge in [0.1, 0.15) is 12.2 Å². The zero-order chi connectivity index (χ0) is 13.9. The summed E-state index contributed by atoms with van der Waals surface area (Å²) in [5, 5.41) is 23.5. The highest BCUT2D eigenvalue weighted by atomic mass is 79.9. The zero-order valence-electron chi connectivity index (χ0n) is 10.6. The largest absolute Gasteiger partial charge is 0.395 e. The number of hydrogen-bond acceptors (Lipinski definition) is 4. The molecule has 102 valence electrons. The van der Waals surface area contributed by atoms with E-state index in [0.717, 1.165) is 15.9 Å². The van der Waals surface area contributed by atoms with Crippen LogP contribution in [0.25, 0.3) is 0 Å².